The van der Waals surface area contributed by atoms with E-state index in [0.29, 0.717) is 49.0 Å². The molecule has 3 aromatic rings. The number of rotatable bonds is 6. The fourth-order valence-corrected chi connectivity index (χ4v) is 4.77. The van der Waals surface area contributed by atoms with Crippen LogP contribution in [-0.2, 0) is 9.59 Å². The van der Waals surface area contributed by atoms with Gasteiger partial charge in [0.1, 0.15) is 23.5 Å². The highest BCUT2D eigenvalue weighted by atomic mass is 16.5. The normalized spacial score (nSPS) is 17.7. The van der Waals surface area contributed by atoms with Crippen LogP contribution in [0, 0.1) is 0 Å². The van der Waals surface area contributed by atoms with Gasteiger partial charge in [-0.1, -0.05) is 24.8 Å². The topological polar surface area (TPSA) is 105 Å². The number of piperidine rings is 1. The number of para-hydroxylation sites is 1. The molecule has 9 nitrogen and oxygen atoms in total. The lowest BCUT2D eigenvalue weighted by molar-refractivity contribution is -0.127. The minimum absolute atomic E-state index is 0.0119. The third-order valence-corrected chi connectivity index (χ3v) is 6.43. The Morgan fingerprint density at radius 3 is 2.37 bits per heavy atom. The van der Waals surface area contributed by atoms with E-state index in [-0.39, 0.29) is 11.9 Å². The van der Waals surface area contributed by atoms with Gasteiger partial charge in [0, 0.05) is 24.8 Å². The number of benzene rings is 2. The molecule has 1 aromatic heterocycles. The van der Waals surface area contributed by atoms with Crippen LogP contribution in [0.15, 0.2) is 73.6 Å². The van der Waals surface area contributed by atoms with Crippen molar-refractivity contribution in [2.45, 2.75) is 25.0 Å². The van der Waals surface area contributed by atoms with Gasteiger partial charge in [-0.3, -0.25) is 9.59 Å². The van der Waals surface area contributed by atoms with Gasteiger partial charge in [0.05, 0.1) is 0 Å². The monoisotopic (exact) mass is 470 g/mol. The van der Waals surface area contributed by atoms with Crippen molar-refractivity contribution in [3.63, 3.8) is 0 Å². The number of fused-ring (bicyclic) bond motifs is 1. The number of carbonyl (C=O) groups is 2. The van der Waals surface area contributed by atoms with Gasteiger partial charge < -0.3 is 25.2 Å². The highest BCUT2D eigenvalue weighted by Gasteiger charge is 2.44. The molecule has 1 atom stereocenters. The van der Waals surface area contributed by atoms with Gasteiger partial charge in [-0.15, -0.1) is 0 Å². The average Bonchev–Trinajstić information content (AvgIpc) is 3.25. The zero-order valence-corrected chi connectivity index (χ0v) is 19.2. The van der Waals surface area contributed by atoms with Crippen LogP contribution in [0.25, 0.3) is 0 Å². The lowest BCUT2D eigenvalue weighted by Crippen LogP contribution is -2.52. The molecule has 178 valence electrons. The fraction of sp³-hybridized carbons (Fsp3) is 0.231. The third kappa shape index (κ3) is 4.16. The second-order valence-electron chi connectivity index (χ2n) is 8.43. The zero-order chi connectivity index (χ0) is 24.4. The van der Waals surface area contributed by atoms with E-state index in [4.69, 9.17) is 10.5 Å². The molecule has 0 bridgehead atoms. The summed E-state index contributed by atoms with van der Waals surface area (Å²) < 4.78 is 5.91. The summed E-state index contributed by atoms with van der Waals surface area (Å²) in [5.41, 5.74) is 7.67. The van der Waals surface area contributed by atoms with Crippen LogP contribution in [0.3, 0.4) is 0 Å². The highest BCUT2D eigenvalue weighted by Crippen LogP contribution is 2.47. The average molecular weight is 471 g/mol. The van der Waals surface area contributed by atoms with Gasteiger partial charge in [0.15, 0.2) is 24.1 Å². The molecule has 1 fully saturated rings. The quantitative estimate of drug-likeness (QED) is 0.431. The number of likely N-dealkylation sites (tertiary alicyclic amines) is 1. The first kappa shape index (κ1) is 22.4. The fourth-order valence-electron chi connectivity index (χ4n) is 4.77. The lowest BCUT2D eigenvalue weighted by Gasteiger charge is -2.39. The van der Waals surface area contributed by atoms with E-state index in [2.05, 4.69) is 16.5 Å². The molecule has 9 heteroatoms. The number of carbonyl (C=O) groups excluding carboxylic acids is 2. The van der Waals surface area contributed by atoms with E-state index in [9.17, 15) is 9.59 Å². The standard InChI is InChI=1S/C26H26N6O3/c1-2-23(34)30-14-12-19(13-15-30)32-22(16-33)31(24-25(27)28-17-29-26(24)32)18-8-10-21(11-9-18)35-20-6-4-3-5-7-20/h2-11,16-17,19,22H,1,12-15H2,(H2,27,28,29). The van der Waals surface area contributed by atoms with Gasteiger partial charge in [-0.25, -0.2) is 9.97 Å². The molecule has 5 rings (SSSR count). The van der Waals surface area contributed by atoms with Crippen LogP contribution in [-0.4, -0.2) is 52.4 Å². The van der Waals surface area contributed by atoms with Gasteiger partial charge in [0.2, 0.25) is 5.91 Å². The second kappa shape index (κ2) is 9.46. The maximum absolute atomic E-state index is 12.5. The van der Waals surface area contributed by atoms with Gasteiger partial charge in [-0.05, 0) is 55.3 Å². The number of anilines is 4. The summed E-state index contributed by atoms with van der Waals surface area (Å²) in [4.78, 5) is 38.8. The van der Waals surface area contributed by atoms with E-state index in [1.807, 2.05) is 64.4 Å². The summed E-state index contributed by atoms with van der Waals surface area (Å²) in [5, 5.41) is 0. The van der Waals surface area contributed by atoms with E-state index in [1.165, 1.54) is 12.4 Å². The molecule has 0 saturated carbocycles. The Morgan fingerprint density at radius 2 is 1.71 bits per heavy atom. The Kier molecular flexibility index (Phi) is 6.05. The maximum Gasteiger partial charge on any atom is 0.245 e. The van der Waals surface area contributed by atoms with Crippen LogP contribution in [0.2, 0.25) is 0 Å². The van der Waals surface area contributed by atoms with Crippen molar-refractivity contribution in [2.24, 2.45) is 0 Å². The predicted molar refractivity (Wildman–Crippen MR) is 134 cm³/mol. The third-order valence-electron chi connectivity index (χ3n) is 6.43. The van der Waals surface area contributed by atoms with Crippen molar-refractivity contribution < 1.29 is 14.3 Å². The van der Waals surface area contributed by atoms with Crippen molar-refractivity contribution in [2.75, 3.05) is 28.6 Å². The first-order valence-corrected chi connectivity index (χ1v) is 11.5. The Labute approximate surface area is 203 Å². The van der Waals surface area contributed by atoms with Crippen molar-refractivity contribution in [1.29, 1.82) is 0 Å². The summed E-state index contributed by atoms with van der Waals surface area (Å²) in [6.07, 6.45) is 4.41. The molecule has 3 heterocycles. The van der Waals surface area contributed by atoms with Crippen LogP contribution in [0.5, 0.6) is 11.5 Å². The molecule has 1 saturated heterocycles. The molecule has 2 aromatic carbocycles. The number of aldehydes is 1. The Balaban J connectivity index is 1.44. The molecule has 35 heavy (non-hydrogen) atoms. The summed E-state index contributed by atoms with van der Waals surface area (Å²) in [6, 6.07) is 17.0. The van der Waals surface area contributed by atoms with Gasteiger partial charge in [0.25, 0.3) is 0 Å². The lowest BCUT2D eigenvalue weighted by atomic mass is 10.0. The number of amides is 1. The number of aromatic nitrogens is 2. The van der Waals surface area contributed by atoms with Gasteiger partial charge >= 0.3 is 0 Å². The Hall–Kier alpha value is -4.40. The number of hydrogen-bond acceptors (Lipinski definition) is 8. The summed E-state index contributed by atoms with van der Waals surface area (Å²) in [5.74, 6) is 2.25. The van der Waals surface area contributed by atoms with Crippen molar-refractivity contribution in [3.8, 4) is 11.5 Å². The summed E-state index contributed by atoms with van der Waals surface area (Å²) in [6.45, 7) is 4.74. The summed E-state index contributed by atoms with van der Waals surface area (Å²) in [7, 11) is 0. The zero-order valence-electron chi connectivity index (χ0n) is 19.2. The SMILES string of the molecule is C=CC(=O)N1CCC(N2c3ncnc(N)c3N(c3ccc(Oc4ccccc4)cc3)C2C=O)CC1. The maximum atomic E-state index is 12.5. The minimum Gasteiger partial charge on any atom is -0.457 e. The molecule has 1 amide bonds. The molecule has 2 N–H and O–H groups in total. The van der Waals surface area contributed by atoms with Crippen LogP contribution >= 0.6 is 0 Å². The second-order valence-corrected chi connectivity index (χ2v) is 8.43. The van der Waals surface area contributed by atoms with E-state index >= 15 is 0 Å². The van der Waals surface area contributed by atoms with E-state index in [1.54, 1.807) is 4.90 Å². The first-order chi connectivity index (χ1) is 17.1. The summed E-state index contributed by atoms with van der Waals surface area (Å²) >= 11 is 0. The number of nitrogens with zero attached hydrogens (tertiary/aromatic N) is 5. The molecule has 0 aliphatic carbocycles. The number of nitrogens with two attached hydrogens (primary N) is 1. The largest absolute Gasteiger partial charge is 0.457 e. The van der Waals surface area contributed by atoms with Crippen LogP contribution in [0.4, 0.5) is 23.0 Å². The smallest absolute Gasteiger partial charge is 0.245 e. The molecular weight excluding hydrogens is 444 g/mol. The molecule has 0 spiro atoms. The highest BCUT2D eigenvalue weighted by molar-refractivity contribution is 5.94. The Morgan fingerprint density at radius 1 is 1.03 bits per heavy atom. The molecule has 1 unspecified atom stereocenters. The van der Waals surface area contributed by atoms with E-state index < -0.39 is 6.17 Å². The van der Waals surface area contributed by atoms with Crippen LogP contribution in [0.1, 0.15) is 12.8 Å². The molecule has 0 radical (unpaired) electrons. The molecule has 2 aliphatic rings. The predicted octanol–water partition coefficient (Wildman–Crippen LogP) is 3.51. The minimum atomic E-state index is -0.642. The first-order valence-electron chi connectivity index (χ1n) is 11.5. The van der Waals surface area contributed by atoms with Crippen molar-refractivity contribution in [1.82, 2.24) is 14.9 Å². The van der Waals surface area contributed by atoms with Crippen molar-refractivity contribution in [3.05, 3.63) is 73.6 Å². The van der Waals surface area contributed by atoms with Crippen LogP contribution < -0.4 is 20.3 Å². The number of nitrogen functional groups attached to an aromatic ring is 1. The number of ether oxygens (including phenoxy) is 1. The molecule has 2 aliphatic heterocycles. The molecular formula is C26H26N6O3. The van der Waals surface area contributed by atoms with Crippen molar-refractivity contribution >= 4 is 35.2 Å². The number of hydrogen-bond donors (Lipinski definition) is 1. The van der Waals surface area contributed by atoms with Gasteiger partial charge in [-0.2, -0.15) is 0 Å². The van der Waals surface area contributed by atoms with E-state index in [0.717, 1.165) is 17.7 Å². The Bertz CT molecular complexity index is 1230.